The molecule has 4 aromatic rings. The van der Waals surface area contributed by atoms with Crippen LogP contribution >= 0.6 is 0 Å². The first kappa shape index (κ1) is 20.8. The second-order valence-corrected chi connectivity index (χ2v) is 6.60. The van der Waals surface area contributed by atoms with Crippen molar-refractivity contribution in [2.45, 2.75) is 19.7 Å². The van der Waals surface area contributed by atoms with E-state index in [1.54, 1.807) is 24.5 Å². The summed E-state index contributed by atoms with van der Waals surface area (Å²) < 4.78 is 20.0. The lowest BCUT2D eigenvalue weighted by Gasteiger charge is -2.15. The number of pyridine rings is 1. The maximum Gasteiger partial charge on any atom is 0.129 e. The van der Waals surface area contributed by atoms with Crippen LogP contribution in [0.2, 0.25) is 0 Å². The Bertz CT molecular complexity index is 1070. The molecule has 0 aliphatic rings. The van der Waals surface area contributed by atoms with Crippen LogP contribution in [0.25, 0.3) is 10.8 Å². The number of hydrogen-bond acceptors (Lipinski definition) is 3. The molecule has 3 nitrogen and oxygen atoms in total. The smallest absolute Gasteiger partial charge is 0.129 e. The van der Waals surface area contributed by atoms with Gasteiger partial charge in [0.1, 0.15) is 18.2 Å². The zero-order valence-electron chi connectivity index (χ0n) is 15.8. The van der Waals surface area contributed by atoms with Crippen molar-refractivity contribution >= 4 is 10.8 Å². The molecule has 148 valence electrons. The molecule has 0 aliphatic carbocycles. The maximum absolute atomic E-state index is 13.9. The van der Waals surface area contributed by atoms with E-state index in [0.717, 1.165) is 28.6 Å². The molecule has 1 N–H and O–H groups in total. The van der Waals surface area contributed by atoms with Crippen LogP contribution in [-0.4, -0.2) is 4.98 Å². The van der Waals surface area contributed by atoms with Crippen molar-refractivity contribution in [1.29, 1.82) is 0 Å². The van der Waals surface area contributed by atoms with Crippen LogP contribution in [0.15, 0.2) is 85.2 Å². The fraction of sp³-hybridized carbons (Fsp3) is 0.125. The van der Waals surface area contributed by atoms with Crippen LogP contribution < -0.4 is 22.5 Å². The summed E-state index contributed by atoms with van der Waals surface area (Å²) in [7, 11) is 0. The van der Waals surface area contributed by atoms with E-state index in [0.29, 0.717) is 12.1 Å². The van der Waals surface area contributed by atoms with Gasteiger partial charge in [-0.2, -0.15) is 0 Å². The minimum atomic E-state index is -0.249. The van der Waals surface area contributed by atoms with Gasteiger partial charge in [0.25, 0.3) is 0 Å². The summed E-state index contributed by atoms with van der Waals surface area (Å²) in [6.45, 7) is 1.58. The Balaban J connectivity index is 0.00000240. The summed E-state index contributed by atoms with van der Waals surface area (Å²) in [6, 6.07) is 22.9. The highest BCUT2D eigenvalue weighted by atomic mass is 35.5. The van der Waals surface area contributed by atoms with Crippen LogP contribution in [0.5, 0.6) is 5.75 Å². The third-order valence-electron chi connectivity index (χ3n) is 4.72. The fourth-order valence-corrected chi connectivity index (χ4v) is 3.24. The Labute approximate surface area is 176 Å². The van der Waals surface area contributed by atoms with Crippen LogP contribution in [0.3, 0.4) is 0 Å². The number of aromatic nitrogens is 1. The van der Waals surface area contributed by atoms with E-state index < -0.39 is 0 Å². The number of nitrogens with zero attached hydrogens (tertiary/aromatic N) is 1. The van der Waals surface area contributed by atoms with E-state index in [1.807, 2.05) is 42.5 Å². The van der Waals surface area contributed by atoms with Crippen LogP contribution in [0.1, 0.15) is 16.7 Å². The third-order valence-corrected chi connectivity index (χ3v) is 4.72. The van der Waals surface area contributed by atoms with Gasteiger partial charge in [-0.25, -0.2) is 4.39 Å². The van der Waals surface area contributed by atoms with Crippen molar-refractivity contribution in [3.8, 4) is 5.75 Å². The molecule has 0 fully saturated rings. The number of hydrogen-bond donors (Lipinski definition) is 1. The molecule has 0 amide bonds. The van der Waals surface area contributed by atoms with E-state index in [4.69, 9.17) is 4.74 Å². The molecule has 0 saturated heterocycles. The van der Waals surface area contributed by atoms with Gasteiger partial charge in [-0.3, -0.25) is 4.98 Å². The summed E-state index contributed by atoms with van der Waals surface area (Å²) in [5, 5.41) is 5.77. The van der Waals surface area contributed by atoms with Crippen LogP contribution in [-0.2, 0) is 19.7 Å². The van der Waals surface area contributed by atoms with Crippen molar-refractivity contribution in [2.24, 2.45) is 0 Å². The molecule has 0 aliphatic heterocycles. The molecular formula is C24H21ClFN2O-. The van der Waals surface area contributed by atoms with Crippen molar-refractivity contribution in [3.63, 3.8) is 0 Å². The summed E-state index contributed by atoms with van der Waals surface area (Å²) in [6.07, 6.45) is 3.58. The van der Waals surface area contributed by atoms with Crippen LogP contribution in [0, 0.1) is 5.82 Å². The first-order valence-corrected chi connectivity index (χ1v) is 9.28. The van der Waals surface area contributed by atoms with Gasteiger partial charge in [-0.05, 0) is 40.6 Å². The Morgan fingerprint density at radius 3 is 2.41 bits per heavy atom. The van der Waals surface area contributed by atoms with Crippen LogP contribution in [0.4, 0.5) is 4.39 Å². The summed E-state index contributed by atoms with van der Waals surface area (Å²) >= 11 is 0. The van der Waals surface area contributed by atoms with Crippen molar-refractivity contribution < 1.29 is 21.5 Å². The molecule has 1 aromatic heterocycles. The molecule has 0 spiro atoms. The van der Waals surface area contributed by atoms with E-state index in [-0.39, 0.29) is 24.8 Å². The Hall–Kier alpha value is -2.95. The van der Waals surface area contributed by atoms with Crippen molar-refractivity contribution in [1.82, 2.24) is 10.3 Å². The van der Waals surface area contributed by atoms with Gasteiger partial charge in [-0.1, -0.05) is 48.5 Å². The monoisotopic (exact) mass is 407 g/mol. The predicted molar refractivity (Wildman–Crippen MR) is 109 cm³/mol. The second-order valence-electron chi connectivity index (χ2n) is 6.60. The van der Waals surface area contributed by atoms with Gasteiger partial charge in [0.15, 0.2) is 0 Å². The van der Waals surface area contributed by atoms with Crippen molar-refractivity contribution in [2.75, 3.05) is 0 Å². The van der Waals surface area contributed by atoms with E-state index in [2.05, 4.69) is 22.4 Å². The zero-order valence-corrected chi connectivity index (χ0v) is 16.6. The minimum absolute atomic E-state index is 0. The molecule has 0 unspecified atom stereocenters. The minimum Gasteiger partial charge on any atom is -1.00 e. The lowest BCUT2D eigenvalue weighted by Crippen LogP contribution is -3.00. The number of benzene rings is 3. The fourth-order valence-electron chi connectivity index (χ4n) is 3.24. The predicted octanol–water partition coefficient (Wildman–Crippen LogP) is 2.25. The number of fused-ring (bicyclic) bond motifs is 1. The zero-order chi connectivity index (χ0) is 19.2. The topological polar surface area (TPSA) is 34.1 Å². The van der Waals surface area contributed by atoms with Crippen molar-refractivity contribution in [3.05, 3.63) is 108 Å². The van der Waals surface area contributed by atoms with Gasteiger partial charge >= 0.3 is 0 Å². The lowest BCUT2D eigenvalue weighted by atomic mass is 10.0. The average molecular weight is 408 g/mol. The maximum atomic E-state index is 13.9. The van der Waals surface area contributed by atoms with Gasteiger partial charge in [0, 0.05) is 36.6 Å². The quantitative estimate of drug-likeness (QED) is 0.510. The first-order chi connectivity index (χ1) is 13.8. The normalized spacial score (nSPS) is 10.5. The number of rotatable bonds is 7. The Morgan fingerprint density at radius 2 is 1.59 bits per heavy atom. The molecule has 5 heteroatoms. The first-order valence-electron chi connectivity index (χ1n) is 9.28. The summed E-state index contributed by atoms with van der Waals surface area (Å²) in [5.74, 6) is 0.518. The molecule has 1 heterocycles. The number of halogens is 2. The molecule has 0 bridgehead atoms. The average Bonchev–Trinajstić information content (AvgIpc) is 2.74. The largest absolute Gasteiger partial charge is 1.00 e. The highest BCUT2D eigenvalue weighted by molar-refractivity contribution is 5.87. The molecule has 0 atom stereocenters. The molecular weight excluding hydrogens is 387 g/mol. The number of nitrogens with one attached hydrogen (secondary N) is 1. The van der Waals surface area contributed by atoms with Gasteiger partial charge < -0.3 is 22.5 Å². The van der Waals surface area contributed by atoms with E-state index >= 15 is 0 Å². The van der Waals surface area contributed by atoms with E-state index in [9.17, 15) is 4.39 Å². The molecule has 29 heavy (non-hydrogen) atoms. The van der Waals surface area contributed by atoms with Gasteiger partial charge in [0.05, 0.1) is 0 Å². The highest BCUT2D eigenvalue weighted by Crippen LogP contribution is 2.29. The van der Waals surface area contributed by atoms with Gasteiger partial charge in [-0.15, -0.1) is 0 Å². The molecule has 3 aromatic carbocycles. The SMILES string of the molecule is Fc1ccccc1COc1ccc2ccccc2c1CNCc1ccncc1.[Cl-]. The molecule has 0 radical (unpaired) electrons. The summed E-state index contributed by atoms with van der Waals surface area (Å²) in [4.78, 5) is 4.05. The molecule has 4 rings (SSSR count). The number of ether oxygens (including phenoxy) is 1. The third kappa shape index (κ3) is 5.11. The van der Waals surface area contributed by atoms with Gasteiger partial charge in [0.2, 0.25) is 0 Å². The highest BCUT2D eigenvalue weighted by Gasteiger charge is 2.10. The van der Waals surface area contributed by atoms with E-state index in [1.165, 1.54) is 11.6 Å². The lowest BCUT2D eigenvalue weighted by molar-refractivity contribution is -0.00000657. The molecule has 0 saturated carbocycles. The Morgan fingerprint density at radius 1 is 0.828 bits per heavy atom. The second kappa shape index (κ2) is 10.0. The standard InChI is InChI=1S/C24H21FN2O.ClH/c25-23-8-4-2-6-20(23)17-28-24-10-9-19-5-1-3-7-21(19)22(24)16-27-15-18-11-13-26-14-12-18;/h1-14,27H,15-17H2;1H/p-1. The summed E-state index contributed by atoms with van der Waals surface area (Å²) in [5.41, 5.74) is 2.79. The Kier molecular flexibility index (Phi) is 7.17.